The normalized spacial score (nSPS) is 10.5. The van der Waals surface area contributed by atoms with Crippen LogP contribution >= 0.6 is 0 Å². The van der Waals surface area contributed by atoms with Crippen molar-refractivity contribution < 1.29 is 18.7 Å². The molecule has 0 atom stereocenters. The van der Waals surface area contributed by atoms with E-state index in [0.717, 1.165) is 16.7 Å². The molecule has 1 amide bonds. The number of carbonyl (C=O) groups excluding carboxylic acids is 1. The van der Waals surface area contributed by atoms with Crippen LogP contribution < -0.4 is 14.8 Å². The van der Waals surface area contributed by atoms with Gasteiger partial charge in [-0.05, 0) is 54.0 Å². The van der Waals surface area contributed by atoms with Crippen LogP contribution in [-0.4, -0.2) is 5.91 Å². The predicted octanol–water partition coefficient (Wildman–Crippen LogP) is 7.27. The minimum Gasteiger partial charge on any atom is -0.488 e. The first-order valence-electron chi connectivity index (χ1n) is 11.2. The van der Waals surface area contributed by atoms with E-state index in [1.165, 1.54) is 24.3 Å². The van der Waals surface area contributed by atoms with Gasteiger partial charge < -0.3 is 14.8 Å². The van der Waals surface area contributed by atoms with Crippen molar-refractivity contribution in [2.75, 3.05) is 5.32 Å². The molecule has 0 aliphatic carbocycles. The van der Waals surface area contributed by atoms with E-state index in [0.29, 0.717) is 34.9 Å². The zero-order valence-corrected chi connectivity index (χ0v) is 19.5. The summed E-state index contributed by atoms with van der Waals surface area (Å²) in [6.07, 6.45) is 0. The molecule has 0 heterocycles. The second-order valence-electron chi connectivity index (χ2n) is 8.13. The smallest absolute Gasteiger partial charge is 0.259 e. The van der Waals surface area contributed by atoms with Gasteiger partial charge in [-0.3, -0.25) is 4.79 Å². The van der Waals surface area contributed by atoms with E-state index in [2.05, 4.69) is 11.9 Å². The molecule has 0 saturated heterocycles. The van der Waals surface area contributed by atoms with E-state index in [1.807, 2.05) is 67.6 Å². The molecule has 0 fully saturated rings. The Balaban J connectivity index is 1.67. The summed E-state index contributed by atoms with van der Waals surface area (Å²) in [5.74, 6) is 0.195. The van der Waals surface area contributed by atoms with E-state index in [-0.39, 0.29) is 18.3 Å². The van der Waals surface area contributed by atoms with E-state index in [1.54, 1.807) is 12.1 Å². The maximum absolute atomic E-state index is 13.3. The minimum absolute atomic E-state index is 0.280. The van der Waals surface area contributed by atoms with Gasteiger partial charge in [-0.2, -0.15) is 0 Å². The van der Waals surface area contributed by atoms with Gasteiger partial charge in [-0.15, -0.1) is 0 Å². The van der Waals surface area contributed by atoms with Gasteiger partial charge in [0, 0.05) is 17.3 Å². The Morgan fingerprint density at radius 2 is 1.29 bits per heavy atom. The van der Waals surface area contributed by atoms with Crippen LogP contribution in [0, 0.1) is 5.82 Å². The van der Waals surface area contributed by atoms with Crippen molar-refractivity contribution in [1.29, 1.82) is 0 Å². The molecule has 4 aromatic carbocycles. The standard InChI is InChI=1S/C30H26FNO3/c1-21(2)26-17-27(30(33)32-25-15-13-24(31)14-16-25)29(35-20-23-11-7-4-8-12-23)18-28(26)34-19-22-9-5-3-6-10-22/h3-18H,1,19-20H2,2H3,(H,32,33). The second kappa shape index (κ2) is 11.2. The lowest BCUT2D eigenvalue weighted by Crippen LogP contribution is -2.15. The Morgan fingerprint density at radius 1 is 0.771 bits per heavy atom. The van der Waals surface area contributed by atoms with E-state index >= 15 is 0 Å². The van der Waals surface area contributed by atoms with E-state index in [4.69, 9.17) is 9.47 Å². The van der Waals surface area contributed by atoms with Gasteiger partial charge in [-0.1, -0.05) is 67.2 Å². The highest BCUT2D eigenvalue weighted by Gasteiger charge is 2.19. The van der Waals surface area contributed by atoms with Gasteiger partial charge in [0.25, 0.3) is 5.91 Å². The van der Waals surface area contributed by atoms with Crippen LogP contribution in [0.5, 0.6) is 11.5 Å². The summed E-state index contributed by atoms with van der Waals surface area (Å²) in [5.41, 5.74) is 4.25. The Hall–Kier alpha value is -4.38. The number of hydrogen-bond donors (Lipinski definition) is 1. The van der Waals surface area contributed by atoms with Crippen molar-refractivity contribution in [3.05, 3.63) is 132 Å². The average Bonchev–Trinajstić information content (AvgIpc) is 2.88. The van der Waals surface area contributed by atoms with Gasteiger partial charge in [-0.25, -0.2) is 4.39 Å². The van der Waals surface area contributed by atoms with Crippen LogP contribution in [0.2, 0.25) is 0 Å². The molecule has 0 aliphatic rings. The lowest BCUT2D eigenvalue weighted by atomic mass is 10.0. The number of anilines is 1. The Kier molecular flexibility index (Phi) is 7.58. The zero-order valence-electron chi connectivity index (χ0n) is 19.5. The lowest BCUT2D eigenvalue weighted by Gasteiger charge is -2.18. The molecule has 0 bridgehead atoms. The molecule has 0 aromatic heterocycles. The topological polar surface area (TPSA) is 47.6 Å². The number of halogens is 1. The zero-order chi connectivity index (χ0) is 24.6. The van der Waals surface area contributed by atoms with Crippen LogP contribution in [0.4, 0.5) is 10.1 Å². The molecule has 0 unspecified atom stereocenters. The van der Waals surface area contributed by atoms with Crippen LogP contribution in [0.3, 0.4) is 0 Å². The molecule has 0 radical (unpaired) electrons. The fourth-order valence-corrected chi connectivity index (χ4v) is 3.51. The van der Waals surface area contributed by atoms with Crippen molar-refractivity contribution >= 4 is 17.2 Å². The second-order valence-corrected chi connectivity index (χ2v) is 8.13. The van der Waals surface area contributed by atoms with Crippen molar-refractivity contribution in [3.63, 3.8) is 0 Å². The Bertz CT molecular complexity index is 1300. The molecule has 0 saturated carbocycles. The van der Waals surface area contributed by atoms with Gasteiger partial charge >= 0.3 is 0 Å². The number of benzene rings is 4. The molecular formula is C30H26FNO3. The monoisotopic (exact) mass is 467 g/mol. The number of hydrogen-bond acceptors (Lipinski definition) is 3. The highest BCUT2D eigenvalue weighted by atomic mass is 19.1. The summed E-state index contributed by atoms with van der Waals surface area (Å²) < 4.78 is 25.5. The van der Waals surface area contributed by atoms with E-state index < -0.39 is 0 Å². The molecule has 176 valence electrons. The first-order valence-corrected chi connectivity index (χ1v) is 11.2. The number of allylic oxidation sites excluding steroid dienone is 1. The molecular weight excluding hydrogens is 441 g/mol. The number of carbonyl (C=O) groups is 1. The summed E-state index contributed by atoms with van der Waals surface area (Å²) in [6.45, 7) is 6.56. The summed E-state index contributed by atoms with van der Waals surface area (Å²) in [7, 11) is 0. The number of rotatable bonds is 9. The van der Waals surface area contributed by atoms with Crippen molar-refractivity contribution in [1.82, 2.24) is 0 Å². The summed E-state index contributed by atoms with van der Waals surface area (Å²) in [6, 6.07) is 28.6. The first kappa shape index (κ1) is 23.8. The van der Waals surface area contributed by atoms with Crippen LogP contribution in [0.25, 0.3) is 5.57 Å². The first-order chi connectivity index (χ1) is 17.0. The highest BCUT2D eigenvalue weighted by molar-refractivity contribution is 6.07. The SMILES string of the molecule is C=C(C)c1cc(C(=O)Nc2ccc(F)cc2)c(OCc2ccccc2)cc1OCc1ccccc1. The van der Waals surface area contributed by atoms with Crippen molar-refractivity contribution in [2.45, 2.75) is 20.1 Å². The molecule has 4 rings (SSSR count). The number of amides is 1. The van der Waals surface area contributed by atoms with Gasteiger partial charge in [0.15, 0.2) is 0 Å². The predicted molar refractivity (Wildman–Crippen MR) is 137 cm³/mol. The molecule has 1 N–H and O–H groups in total. The molecule has 0 spiro atoms. The molecule has 35 heavy (non-hydrogen) atoms. The van der Waals surface area contributed by atoms with Gasteiger partial charge in [0.05, 0.1) is 5.56 Å². The van der Waals surface area contributed by atoms with Crippen LogP contribution in [0.1, 0.15) is 34.0 Å². The Labute approximate surface area is 204 Å². The fourth-order valence-electron chi connectivity index (χ4n) is 3.51. The summed E-state index contributed by atoms with van der Waals surface area (Å²) in [5, 5.41) is 2.81. The molecule has 4 nitrogen and oxygen atoms in total. The van der Waals surface area contributed by atoms with Gasteiger partial charge in [0.2, 0.25) is 0 Å². The third kappa shape index (κ3) is 6.36. The largest absolute Gasteiger partial charge is 0.488 e. The third-order valence-electron chi connectivity index (χ3n) is 5.36. The number of nitrogens with one attached hydrogen (secondary N) is 1. The van der Waals surface area contributed by atoms with E-state index in [9.17, 15) is 9.18 Å². The molecule has 5 heteroatoms. The van der Waals surface area contributed by atoms with Gasteiger partial charge in [0.1, 0.15) is 30.5 Å². The highest BCUT2D eigenvalue weighted by Crippen LogP contribution is 2.34. The molecule has 0 aliphatic heterocycles. The van der Waals surface area contributed by atoms with Crippen molar-refractivity contribution in [2.24, 2.45) is 0 Å². The lowest BCUT2D eigenvalue weighted by molar-refractivity contribution is 0.102. The maximum atomic E-state index is 13.3. The van der Waals surface area contributed by atoms with Crippen LogP contribution in [-0.2, 0) is 13.2 Å². The summed E-state index contributed by atoms with van der Waals surface area (Å²) >= 11 is 0. The average molecular weight is 468 g/mol. The Morgan fingerprint density at radius 3 is 1.80 bits per heavy atom. The van der Waals surface area contributed by atoms with Crippen LogP contribution in [0.15, 0.2) is 104 Å². The quantitative estimate of drug-likeness (QED) is 0.282. The summed E-state index contributed by atoms with van der Waals surface area (Å²) in [4.78, 5) is 13.2. The fraction of sp³-hybridized carbons (Fsp3) is 0.100. The molecule has 4 aromatic rings. The van der Waals surface area contributed by atoms with Crippen molar-refractivity contribution in [3.8, 4) is 11.5 Å². The minimum atomic E-state index is -0.378. The number of ether oxygens (including phenoxy) is 2. The third-order valence-corrected chi connectivity index (χ3v) is 5.36. The maximum Gasteiger partial charge on any atom is 0.259 e.